The molecule has 1 aliphatic carbocycles. The zero-order chi connectivity index (χ0) is 14.5. The molecule has 108 valence electrons. The molecule has 1 saturated carbocycles. The number of halogens is 1. The Labute approximate surface area is 117 Å². The highest BCUT2D eigenvalue weighted by atomic mass is 19.1. The summed E-state index contributed by atoms with van der Waals surface area (Å²) in [5.74, 6) is -0.773. The predicted octanol–water partition coefficient (Wildman–Crippen LogP) is 2.47. The topological polar surface area (TPSA) is 55.4 Å². The predicted molar refractivity (Wildman–Crippen MR) is 72.3 cm³/mol. The van der Waals surface area contributed by atoms with Crippen molar-refractivity contribution in [3.63, 3.8) is 0 Å². The maximum atomic E-state index is 13.1. The van der Waals surface area contributed by atoms with Crippen LogP contribution in [-0.2, 0) is 4.79 Å². The van der Waals surface area contributed by atoms with Gasteiger partial charge >= 0.3 is 0 Å². The second kappa shape index (κ2) is 6.50. The van der Waals surface area contributed by atoms with Gasteiger partial charge in [-0.25, -0.2) is 4.39 Å². The fourth-order valence-corrected chi connectivity index (χ4v) is 2.39. The van der Waals surface area contributed by atoms with Crippen LogP contribution in [0.2, 0.25) is 0 Å². The first-order valence-corrected chi connectivity index (χ1v) is 6.79. The van der Waals surface area contributed by atoms with E-state index in [2.05, 4.69) is 5.32 Å². The second-order valence-corrected chi connectivity index (χ2v) is 5.03. The molecule has 1 aromatic carbocycles. The van der Waals surface area contributed by atoms with E-state index in [9.17, 15) is 14.0 Å². The van der Waals surface area contributed by atoms with Crippen molar-refractivity contribution in [2.45, 2.75) is 38.6 Å². The summed E-state index contributed by atoms with van der Waals surface area (Å²) in [5, 5.41) is 2.89. The van der Waals surface area contributed by atoms with E-state index in [1.165, 1.54) is 19.1 Å². The van der Waals surface area contributed by atoms with Crippen LogP contribution in [0.25, 0.3) is 0 Å². The molecule has 0 saturated heterocycles. The fourth-order valence-electron chi connectivity index (χ4n) is 2.39. The minimum atomic E-state index is -0.502. The molecule has 1 aromatic rings. The van der Waals surface area contributed by atoms with E-state index >= 15 is 0 Å². The van der Waals surface area contributed by atoms with Gasteiger partial charge in [0.05, 0.1) is 5.56 Å². The Kier molecular flexibility index (Phi) is 4.71. The SMILES string of the molecule is CC(=O)c1cc(F)ccc1OCC(=O)NC1CCCC1. The Morgan fingerprint density at radius 2 is 2.05 bits per heavy atom. The molecular weight excluding hydrogens is 261 g/mol. The molecule has 0 unspecified atom stereocenters. The van der Waals surface area contributed by atoms with Gasteiger partial charge in [-0.15, -0.1) is 0 Å². The van der Waals surface area contributed by atoms with Crippen molar-refractivity contribution in [1.82, 2.24) is 5.32 Å². The van der Waals surface area contributed by atoms with Gasteiger partial charge in [0.1, 0.15) is 11.6 Å². The fraction of sp³-hybridized carbons (Fsp3) is 0.467. The molecule has 0 atom stereocenters. The maximum absolute atomic E-state index is 13.1. The van der Waals surface area contributed by atoms with Crippen LogP contribution in [0.1, 0.15) is 43.0 Å². The molecular formula is C15H18FNO3. The minimum absolute atomic E-state index is 0.152. The maximum Gasteiger partial charge on any atom is 0.258 e. The minimum Gasteiger partial charge on any atom is -0.483 e. The number of ketones is 1. The van der Waals surface area contributed by atoms with E-state index < -0.39 is 5.82 Å². The highest BCUT2D eigenvalue weighted by molar-refractivity contribution is 5.96. The van der Waals surface area contributed by atoms with Gasteiger partial charge in [-0.05, 0) is 38.0 Å². The summed E-state index contributed by atoms with van der Waals surface area (Å²) >= 11 is 0. The number of nitrogens with one attached hydrogen (secondary N) is 1. The van der Waals surface area contributed by atoms with Gasteiger partial charge in [0.15, 0.2) is 12.4 Å². The van der Waals surface area contributed by atoms with Crippen LogP contribution >= 0.6 is 0 Å². The molecule has 0 bridgehead atoms. The third kappa shape index (κ3) is 3.79. The number of carbonyl (C=O) groups excluding carboxylic acids is 2. The number of benzene rings is 1. The van der Waals surface area contributed by atoms with Crippen LogP contribution in [0.3, 0.4) is 0 Å². The highest BCUT2D eigenvalue weighted by Gasteiger charge is 2.18. The lowest BCUT2D eigenvalue weighted by Gasteiger charge is -2.13. The zero-order valence-electron chi connectivity index (χ0n) is 11.4. The van der Waals surface area contributed by atoms with E-state index in [1.807, 2.05) is 0 Å². The van der Waals surface area contributed by atoms with Gasteiger partial charge in [0.2, 0.25) is 0 Å². The first-order valence-electron chi connectivity index (χ1n) is 6.79. The number of Topliss-reactive ketones (excluding diaryl/α,β-unsaturated/α-hetero) is 1. The molecule has 1 fully saturated rings. The van der Waals surface area contributed by atoms with Crippen LogP contribution in [0.4, 0.5) is 4.39 Å². The number of carbonyl (C=O) groups is 2. The summed E-state index contributed by atoms with van der Waals surface area (Å²) in [4.78, 5) is 23.1. The molecule has 0 spiro atoms. The van der Waals surface area contributed by atoms with Crippen molar-refractivity contribution < 1.29 is 18.7 Å². The van der Waals surface area contributed by atoms with Crippen LogP contribution in [0, 0.1) is 5.82 Å². The monoisotopic (exact) mass is 279 g/mol. The van der Waals surface area contributed by atoms with Crippen molar-refractivity contribution in [2.75, 3.05) is 6.61 Å². The van der Waals surface area contributed by atoms with Crippen molar-refractivity contribution in [1.29, 1.82) is 0 Å². The third-order valence-corrected chi connectivity index (χ3v) is 3.40. The number of hydrogen-bond donors (Lipinski definition) is 1. The normalized spacial score (nSPS) is 15.1. The lowest BCUT2D eigenvalue weighted by molar-refractivity contribution is -0.123. The van der Waals surface area contributed by atoms with Gasteiger partial charge in [0, 0.05) is 6.04 Å². The van der Waals surface area contributed by atoms with Crippen LogP contribution in [-0.4, -0.2) is 24.3 Å². The molecule has 0 heterocycles. The second-order valence-electron chi connectivity index (χ2n) is 5.03. The quantitative estimate of drug-likeness (QED) is 0.842. The molecule has 0 aliphatic heterocycles. The van der Waals surface area contributed by atoms with Crippen molar-refractivity contribution >= 4 is 11.7 Å². The number of amides is 1. The molecule has 0 aromatic heterocycles. The Bertz CT molecular complexity index is 510. The van der Waals surface area contributed by atoms with Crippen LogP contribution < -0.4 is 10.1 Å². The summed E-state index contributed by atoms with van der Waals surface area (Å²) < 4.78 is 18.4. The summed E-state index contributed by atoms with van der Waals surface area (Å²) in [5.41, 5.74) is 0.152. The van der Waals surface area contributed by atoms with Gasteiger partial charge in [-0.2, -0.15) is 0 Å². The lowest BCUT2D eigenvalue weighted by atomic mass is 10.1. The van der Waals surface area contributed by atoms with Crippen molar-refractivity contribution in [2.24, 2.45) is 0 Å². The summed E-state index contributed by atoms with van der Waals surface area (Å²) in [6, 6.07) is 3.92. The van der Waals surface area contributed by atoms with Crippen LogP contribution in [0.15, 0.2) is 18.2 Å². The van der Waals surface area contributed by atoms with Gasteiger partial charge in [-0.1, -0.05) is 12.8 Å². The first-order chi connectivity index (χ1) is 9.56. The number of rotatable bonds is 5. The molecule has 1 amide bonds. The zero-order valence-corrected chi connectivity index (χ0v) is 11.4. The summed E-state index contributed by atoms with van der Waals surface area (Å²) in [7, 11) is 0. The van der Waals surface area contributed by atoms with E-state index in [0.29, 0.717) is 0 Å². The van der Waals surface area contributed by atoms with E-state index in [-0.39, 0.29) is 35.7 Å². The largest absolute Gasteiger partial charge is 0.483 e. The van der Waals surface area contributed by atoms with Crippen molar-refractivity contribution in [3.05, 3.63) is 29.6 Å². The van der Waals surface area contributed by atoms with E-state index in [4.69, 9.17) is 4.74 Å². The van der Waals surface area contributed by atoms with Crippen molar-refractivity contribution in [3.8, 4) is 5.75 Å². The summed E-state index contributed by atoms with van der Waals surface area (Å²) in [6.45, 7) is 1.17. The van der Waals surface area contributed by atoms with E-state index in [1.54, 1.807) is 0 Å². The molecule has 0 radical (unpaired) electrons. The molecule has 1 aliphatic rings. The molecule has 20 heavy (non-hydrogen) atoms. The number of hydrogen-bond acceptors (Lipinski definition) is 3. The Morgan fingerprint density at radius 1 is 1.35 bits per heavy atom. The highest BCUT2D eigenvalue weighted by Crippen LogP contribution is 2.20. The average Bonchev–Trinajstić information content (AvgIpc) is 2.90. The Morgan fingerprint density at radius 3 is 2.70 bits per heavy atom. The third-order valence-electron chi connectivity index (χ3n) is 3.40. The molecule has 5 heteroatoms. The van der Waals surface area contributed by atoms with Gasteiger partial charge in [-0.3, -0.25) is 9.59 Å². The van der Waals surface area contributed by atoms with Gasteiger partial charge in [0.25, 0.3) is 5.91 Å². The number of ether oxygens (including phenoxy) is 1. The standard InChI is InChI=1S/C15H18FNO3/c1-10(18)13-8-11(16)6-7-14(13)20-9-15(19)17-12-4-2-3-5-12/h6-8,12H,2-5,9H2,1H3,(H,17,19). The molecule has 4 nitrogen and oxygen atoms in total. The Hall–Kier alpha value is -1.91. The smallest absolute Gasteiger partial charge is 0.258 e. The molecule has 1 N–H and O–H groups in total. The van der Waals surface area contributed by atoms with Gasteiger partial charge < -0.3 is 10.1 Å². The first kappa shape index (κ1) is 14.5. The Balaban J connectivity index is 1.93. The van der Waals surface area contributed by atoms with Crippen LogP contribution in [0.5, 0.6) is 5.75 Å². The lowest BCUT2D eigenvalue weighted by Crippen LogP contribution is -2.36. The summed E-state index contributed by atoms with van der Waals surface area (Å²) in [6.07, 6.45) is 4.28. The molecule has 2 rings (SSSR count). The average molecular weight is 279 g/mol. The van der Waals surface area contributed by atoms with E-state index in [0.717, 1.165) is 31.7 Å².